The van der Waals surface area contributed by atoms with Crippen molar-refractivity contribution in [3.05, 3.63) is 83.4 Å². The Morgan fingerprint density at radius 2 is 1.46 bits per heavy atom. The van der Waals surface area contributed by atoms with E-state index in [1.165, 1.54) is 26.2 Å². The van der Waals surface area contributed by atoms with E-state index in [-0.39, 0.29) is 25.3 Å². The molecule has 0 aliphatic heterocycles. The smallest absolute Gasteiger partial charge is 0.325 e. The number of fused-ring (bicyclic) bond motifs is 1. The Morgan fingerprint density at radius 1 is 0.805 bits per heavy atom. The van der Waals surface area contributed by atoms with Gasteiger partial charge in [0.15, 0.2) is 0 Å². The van der Waals surface area contributed by atoms with Crippen molar-refractivity contribution in [3.63, 3.8) is 0 Å². The van der Waals surface area contributed by atoms with Gasteiger partial charge in [0.2, 0.25) is 5.91 Å². The Hall–Kier alpha value is -4.53. The van der Waals surface area contributed by atoms with E-state index in [1.54, 1.807) is 12.1 Å². The molecule has 3 atom stereocenters. The van der Waals surface area contributed by atoms with Crippen molar-refractivity contribution in [2.45, 2.75) is 38.1 Å². The van der Waals surface area contributed by atoms with Crippen molar-refractivity contribution in [1.82, 2.24) is 4.90 Å². The van der Waals surface area contributed by atoms with Crippen LogP contribution in [-0.2, 0) is 39.8 Å². The summed E-state index contributed by atoms with van der Waals surface area (Å²) in [6.45, 7) is 1.47. The number of nitrogens with zero attached hydrogens (tertiary/aromatic N) is 1. The number of carbonyl (C=O) groups excluding carboxylic acids is 5. The lowest BCUT2D eigenvalue weighted by molar-refractivity contribution is -0.156. The zero-order valence-electron chi connectivity index (χ0n) is 23.7. The highest BCUT2D eigenvalue weighted by atomic mass is 16.5. The Labute approximate surface area is 239 Å². The van der Waals surface area contributed by atoms with Crippen LogP contribution in [0.5, 0.6) is 0 Å². The second-order valence-electron chi connectivity index (χ2n) is 9.82. The van der Waals surface area contributed by atoms with Gasteiger partial charge in [-0.15, -0.1) is 0 Å². The maximum Gasteiger partial charge on any atom is 0.325 e. The van der Waals surface area contributed by atoms with Gasteiger partial charge in [0, 0.05) is 23.9 Å². The molecule has 0 bridgehead atoms. The van der Waals surface area contributed by atoms with Crippen LogP contribution in [-0.4, -0.2) is 68.9 Å². The van der Waals surface area contributed by atoms with E-state index in [4.69, 9.17) is 9.47 Å². The minimum atomic E-state index is -1.09. The molecule has 1 amide bonds. The molecule has 3 unspecified atom stereocenters. The fourth-order valence-electron chi connectivity index (χ4n) is 4.91. The van der Waals surface area contributed by atoms with E-state index < -0.39 is 35.8 Å². The average Bonchev–Trinajstić information content (AvgIpc) is 3.00. The van der Waals surface area contributed by atoms with Gasteiger partial charge in [-0.25, -0.2) is 0 Å². The number of ether oxygens (including phenoxy) is 3. The quantitative estimate of drug-likeness (QED) is 0.174. The van der Waals surface area contributed by atoms with Gasteiger partial charge in [-0.2, -0.15) is 0 Å². The van der Waals surface area contributed by atoms with Crippen molar-refractivity contribution < 1.29 is 38.2 Å². The highest BCUT2D eigenvalue weighted by Crippen LogP contribution is 2.30. The fourth-order valence-corrected chi connectivity index (χ4v) is 4.91. The van der Waals surface area contributed by atoms with Crippen LogP contribution in [0.2, 0.25) is 0 Å². The first kappa shape index (κ1) is 31.0. The predicted molar refractivity (Wildman–Crippen MR) is 152 cm³/mol. The summed E-state index contributed by atoms with van der Waals surface area (Å²) in [7, 11) is 3.60. The van der Waals surface area contributed by atoms with E-state index in [0.717, 1.165) is 28.2 Å². The van der Waals surface area contributed by atoms with Gasteiger partial charge in [-0.3, -0.25) is 24.0 Å². The molecule has 0 spiro atoms. The summed E-state index contributed by atoms with van der Waals surface area (Å²) >= 11 is 0. The Kier molecular flexibility index (Phi) is 11.1. The summed E-state index contributed by atoms with van der Waals surface area (Å²) < 4.78 is 14.4. The second-order valence-corrected chi connectivity index (χ2v) is 9.82. The minimum absolute atomic E-state index is 0.303. The summed E-state index contributed by atoms with van der Waals surface area (Å²) in [5, 5.41) is 2.16. The van der Waals surface area contributed by atoms with Gasteiger partial charge < -0.3 is 19.1 Å². The van der Waals surface area contributed by atoms with Crippen LogP contribution in [0.15, 0.2) is 66.7 Å². The molecule has 0 saturated heterocycles. The minimum Gasteiger partial charge on any atom is -0.469 e. The van der Waals surface area contributed by atoms with Crippen molar-refractivity contribution in [3.8, 4) is 0 Å². The molecule has 9 heteroatoms. The molecule has 0 aliphatic carbocycles. The molecule has 41 heavy (non-hydrogen) atoms. The highest BCUT2D eigenvalue weighted by Gasteiger charge is 2.34. The molecule has 0 saturated carbocycles. The Bertz CT molecular complexity index is 1380. The van der Waals surface area contributed by atoms with E-state index in [1.807, 2.05) is 55.5 Å². The molecule has 216 valence electrons. The van der Waals surface area contributed by atoms with Crippen LogP contribution in [0.3, 0.4) is 0 Å². The molecule has 0 radical (unpaired) electrons. The third kappa shape index (κ3) is 8.23. The van der Waals surface area contributed by atoms with E-state index in [0.29, 0.717) is 12.0 Å². The first-order valence-electron chi connectivity index (χ1n) is 13.2. The van der Waals surface area contributed by atoms with Crippen LogP contribution in [0, 0.1) is 5.92 Å². The molecule has 0 aliphatic rings. The van der Waals surface area contributed by atoms with E-state index in [9.17, 15) is 24.0 Å². The van der Waals surface area contributed by atoms with Crippen LogP contribution >= 0.6 is 0 Å². The number of esters is 3. The normalized spacial score (nSPS) is 13.0. The molecule has 3 aromatic rings. The van der Waals surface area contributed by atoms with Crippen LogP contribution in [0.4, 0.5) is 0 Å². The lowest BCUT2D eigenvalue weighted by atomic mass is 9.84. The molecule has 9 nitrogen and oxygen atoms in total. The first-order chi connectivity index (χ1) is 19.7. The van der Waals surface area contributed by atoms with Crippen molar-refractivity contribution in [2.24, 2.45) is 5.92 Å². The number of benzene rings is 3. The summed E-state index contributed by atoms with van der Waals surface area (Å²) in [6.07, 6.45) is 0.561. The number of aldehydes is 1. The topological polar surface area (TPSA) is 116 Å². The predicted octanol–water partition coefficient (Wildman–Crippen LogP) is 4.11. The van der Waals surface area contributed by atoms with Crippen molar-refractivity contribution in [1.29, 1.82) is 0 Å². The van der Waals surface area contributed by atoms with Crippen LogP contribution in [0.1, 0.15) is 47.2 Å². The van der Waals surface area contributed by atoms with Gasteiger partial charge in [-0.05, 0) is 35.2 Å². The fraction of sp³-hybridized carbons (Fsp3) is 0.344. The van der Waals surface area contributed by atoms with Gasteiger partial charge in [0.1, 0.15) is 12.8 Å². The van der Waals surface area contributed by atoms with Gasteiger partial charge in [0.25, 0.3) is 0 Å². The van der Waals surface area contributed by atoms with Gasteiger partial charge in [0.05, 0.1) is 33.7 Å². The zero-order valence-corrected chi connectivity index (χ0v) is 23.7. The molecule has 3 rings (SSSR count). The average molecular weight is 562 g/mol. The summed E-state index contributed by atoms with van der Waals surface area (Å²) in [4.78, 5) is 63.2. The van der Waals surface area contributed by atoms with Gasteiger partial charge >= 0.3 is 17.9 Å². The van der Waals surface area contributed by atoms with Crippen LogP contribution in [0.25, 0.3) is 10.8 Å². The maximum absolute atomic E-state index is 13.7. The number of hydrogen-bond donors (Lipinski definition) is 0. The lowest BCUT2D eigenvalue weighted by Crippen LogP contribution is -2.46. The molecular formula is C32H35NO8. The standard InChI is InChI=1S/C32H35NO8/c1-21(33(19-31(37)40-3)29(35)17-27(32(38)41-4)18-30(36)39-2)28(25-13-9-22(20-34)10-14-25)16-23-11-12-24-7-5-6-8-26(24)15-23/h5-15,20-21,27-28H,16-19H2,1-4H3. The molecule has 3 aromatic carbocycles. The molecule has 0 fully saturated rings. The monoisotopic (exact) mass is 561 g/mol. The van der Waals surface area contributed by atoms with Crippen molar-refractivity contribution >= 4 is 40.9 Å². The second kappa shape index (κ2) is 14.7. The third-order valence-electron chi connectivity index (χ3n) is 7.29. The molecule has 0 heterocycles. The summed E-state index contributed by atoms with van der Waals surface area (Å²) in [6, 6.07) is 20.7. The Balaban J connectivity index is 2.01. The number of carbonyl (C=O) groups is 5. The Morgan fingerprint density at radius 3 is 2.07 bits per heavy atom. The molecule has 0 N–H and O–H groups in total. The molecule has 0 aromatic heterocycles. The van der Waals surface area contributed by atoms with E-state index in [2.05, 4.69) is 10.8 Å². The van der Waals surface area contributed by atoms with Crippen molar-refractivity contribution in [2.75, 3.05) is 27.9 Å². The van der Waals surface area contributed by atoms with Crippen LogP contribution < -0.4 is 0 Å². The number of hydrogen-bond acceptors (Lipinski definition) is 8. The lowest BCUT2D eigenvalue weighted by Gasteiger charge is -2.35. The van der Waals surface area contributed by atoms with E-state index >= 15 is 0 Å². The SMILES string of the molecule is COC(=O)CC(CC(=O)N(CC(=O)OC)C(C)C(Cc1ccc2ccccc2c1)c1ccc(C=O)cc1)C(=O)OC. The number of rotatable bonds is 13. The summed E-state index contributed by atoms with van der Waals surface area (Å²) in [5.41, 5.74) is 2.39. The number of methoxy groups -OCH3 is 3. The largest absolute Gasteiger partial charge is 0.469 e. The van der Waals surface area contributed by atoms with Gasteiger partial charge in [-0.1, -0.05) is 66.7 Å². The summed E-state index contributed by atoms with van der Waals surface area (Å²) in [5.74, 6) is -3.93. The maximum atomic E-state index is 13.7. The first-order valence-corrected chi connectivity index (χ1v) is 13.2. The zero-order chi connectivity index (χ0) is 29.9. The number of amides is 1. The molecular weight excluding hydrogens is 526 g/mol. The highest BCUT2D eigenvalue weighted by molar-refractivity contribution is 5.88. The third-order valence-corrected chi connectivity index (χ3v) is 7.29.